The molecule has 0 radical (unpaired) electrons. The standard InChI is InChI=1S/C55H96O14/c1-22-21-42-56-35(14)43(22)64-50-30(9)24(3)45(37(16)58-50)66-52-32(11)26(5)47(39(18)60-52)68-54-34(13)28(7)49(41(20)62-54)69-55-33(12)27(6)48(40(19)61-55)67-53-31(10)25(4)46(38(17)59-53)65-51-29(8)23(2)44(63-42)36(15)57-51/h22-55H,21H2,1-20H3/t22-,23-,24-,25-,26-,27-,28-,29?,30?,31?,32?,33?,34?,35?,36?,37?,38?,39?,40?,41?,42+,43-,44-,45-,46-,47-,48-,49-,50+,51+,52+,53-,54+,55+/m1/s1. The molecule has 14 nitrogen and oxygen atoms in total. The summed E-state index contributed by atoms with van der Waals surface area (Å²) in [5, 5.41) is 0. The summed E-state index contributed by atoms with van der Waals surface area (Å²) in [7, 11) is 0. The molecule has 21 heterocycles. The quantitative estimate of drug-likeness (QED) is 0.229. The predicted octanol–water partition coefficient (Wildman–Crippen LogP) is 9.57. The Bertz CT molecular complexity index is 1650. The van der Waals surface area contributed by atoms with Gasteiger partial charge in [-0.25, -0.2) is 0 Å². The third-order valence-corrected chi connectivity index (χ3v) is 19.5. The molecule has 21 aliphatic heterocycles. The average molecular weight is 981 g/mol. The Labute approximate surface area is 416 Å². The summed E-state index contributed by atoms with van der Waals surface area (Å²) in [5.74, 6) is 1.40. The van der Waals surface area contributed by atoms with E-state index in [1.807, 2.05) is 0 Å². The van der Waals surface area contributed by atoms with Crippen molar-refractivity contribution in [3.63, 3.8) is 0 Å². The smallest absolute Gasteiger partial charge is 0.161 e. The molecule has 400 valence electrons. The molecule has 0 spiro atoms. The molecule has 69 heavy (non-hydrogen) atoms. The fourth-order valence-corrected chi connectivity index (χ4v) is 13.4. The lowest BCUT2D eigenvalue weighted by molar-refractivity contribution is -0.364. The van der Waals surface area contributed by atoms with Crippen LogP contribution in [0, 0.1) is 76.9 Å². The van der Waals surface area contributed by atoms with Crippen molar-refractivity contribution in [1.82, 2.24) is 0 Å². The van der Waals surface area contributed by atoms with Crippen molar-refractivity contribution in [1.29, 1.82) is 0 Å². The zero-order chi connectivity index (χ0) is 50.2. The lowest BCUT2D eigenvalue weighted by Crippen LogP contribution is -2.59. The van der Waals surface area contributed by atoms with Gasteiger partial charge in [-0.1, -0.05) is 90.0 Å². The van der Waals surface area contributed by atoms with Crippen LogP contribution in [0.1, 0.15) is 145 Å². The maximum Gasteiger partial charge on any atom is 0.161 e. The first-order valence-electron chi connectivity index (χ1n) is 27.6. The summed E-state index contributed by atoms with van der Waals surface area (Å²) in [6.07, 6.45) is -4.92. The SMILES string of the molecule is CC1[C@H]2OC(C)[C@H](O[C@H]3C[C@@H](C)[C@@H](O[C@@H]4OC(C)[C@H](O[C@@H]5OC(C)[C@H](O[C@@H]6OC(C)[C@H](O[C@@H]7OC(C)[C@H](O[C@H]8OC(C)[C@H](O2)[C@H](C)C8C)[C@H](C)C7C)[C@H](C)C6C)[C@H](C)C5C)[C@H](C)C4C)C(C)O3)[C@@H]1C. The lowest BCUT2D eigenvalue weighted by Gasteiger charge is -2.51. The number of ether oxygens (including phenoxy) is 14. The summed E-state index contributed by atoms with van der Waals surface area (Å²) in [4.78, 5) is 0. The minimum Gasteiger partial charge on any atom is -0.347 e. The van der Waals surface area contributed by atoms with E-state index < -0.39 is 37.7 Å². The fraction of sp³-hybridized carbons (Fsp3) is 1.00. The van der Waals surface area contributed by atoms with Crippen molar-refractivity contribution in [3.8, 4) is 0 Å². The highest BCUT2D eigenvalue weighted by atomic mass is 16.8. The monoisotopic (exact) mass is 981 g/mol. The Morgan fingerprint density at radius 2 is 0.377 bits per heavy atom. The van der Waals surface area contributed by atoms with Gasteiger partial charge in [0.2, 0.25) is 0 Å². The molecule has 0 amide bonds. The fourth-order valence-electron chi connectivity index (χ4n) is 13.4. The molecular formula is C55H96O14. The largest absolute Gasteiger partial charge is 0.347 e. The van der Waals surface area contributed by atoms with E-state index in [4.69, 9.17) is 66.3 Å². The zero-order valence-electron chi connectivity index (χ0n) is 46.1. The summed E-state index contributed by atoms with van der Waals surface area (Å²) in [6.45, 7) is 43.7. The van der Waals surface area contributed by atoms with Crippen LogP contribution in [0.2, 0.25) is 0 Å². The van der Waals surface area contributed by atoms with Gasteiger partial charge in [-0.2, -0.15) is 0 Å². The van der Waals surface area contributed by atoms with Crippen molar-refractivity contribution in [2.75, 3.05) is 0 Å². The van der Waals surface area contributed by atoms with Gasteiger partial charge >= 0.3 is 0 Å². The molecule has 34 atom stereocenters. The van der Waals surface area contributed by atoms with Gasteiger partial charge < -0.3 is 66.3 Å². The Hall–Kier alpha value is -0.560. The van der Waals surface area contributed by atoms with E-state index in [2.05, 4.69) is 138 Å². The zero-order valence-corrected chi connectivity index (χ0v) is 46.1. The first kappa shape index (κ1) is 54.7. The normalized spacial score (nSPS) is 59.3. The highest BCUT2D eigenvalue weighted by Gasteiger charge is 2.54. The second kappa shape index (κ2) is 22.0. The summed E-state index contributed by atoms with van der Waals surface area (Å²) >= 11 is 0. The van der Waals surface area contributed by atoms with E-state index in [0.717, 1.165) is 0 Å². The Kier molecular flexibility index (Phi) is 17.4. The maximum atomic E-state index is 6.97. The molecule has 0 N–H and O–H groups in total. The van der Waals surface area contributed by atoms with Gasteiger partial charge in [0.25, 0.3) is 0 Å². The molecule has 21 fully saturated rings. The highest BCUT2D eigenvalue weighted by molar-refractivity contribution is 4.95. The van der Waals surface area contributed by atoms with Crippen LogP contribution in [-0.4, -0.2) is 129 Å². The van der Waals surface area contributed by atoms with E-state index in [-0.39, 0.29) is 169 Å². The van der Waals surface area contributed by atoms with Gasteiger partial charge in [-0.05, 0) is 89.9 Å². The summed E-state index contributed by atoms with van der Waals surface area (Å²) in [6, 6.07) is 0. The molecule has 21 aliphatic rings. The Morgan fingerprint density at radius 3 is 0.594 bits per heavy atom. The van der Waals surface area contributed by atoms with Crippen LogP contribution in [-0.2, 0) is 66.3 Å². The summed E-state index contributed by atoms with van der Waals surface area (Å²) in [5.41, 5.74) is 0. The van der Waals surface area contributed by atoms with Crippen LogP contribution in [0.3, 0.4) is 0 Å². The number of hydrogen-bond acceptors (Lipinski definition) is 14. The van der Waals surface area contributed by atoms with Crippen molar-refractivity contribution < 1.29 is 66.3 Å². The molecule has 14 heteroatoms. The van der Waals surface area contributed by atoms with E-state index in [1.165, 1.54) is 0 Å². The van der Waals surface area contributed by atoms with E-state index in [9.17, 15) is 0 Å². The minimum absolute atomic E-state index is 0.0592. The molecule has 13 unspecified atom stereocenters. The van der Waals surface area contributed by atoms with Crippen molar-refractivity contribution >= 4 is 0 Å². The first-order chi connectivity index (χ1) is 32.5. The van der Waals surface area contributed by atoms with Crippen molar-refractivity contribution in [2.45, 2.75) is 274 Å². The molecule has 0 aliphatic carbocycles. The lowest BCUT2D eigenvalue weighted by atomic mass is 9.81. The van der Waals surface area contributed by atoms with Crippen LogP contribution in [0.25, 0.3) is 0 Å². The van der Waals surface area contributed by atoms with Crippen LogP contribution in [0.15, 0.2) is 0 Å². The molecule has 0 aromatic carbocycles. The van der Waals surface area contributed by atoms with Crippen LogP contribution in [0.4, 0.5) is 0 Å². The average Bonchev–Trinajstić information content (AvgIpc) is 3.29. The van der Waals surface area contributed by atoms with Crippen molar-refractivity contribution in [2.24, 2.45) is 76.9 Å². The van der Waals surface area contributed by atoms with Gasteiger partial charge in [0, 0.05) is 41.9 Å². The van der Waals surface area contributed by atoms with Gasteiger partial charge in [-0.15, -0.1) is 0 Å². The highest BCUT2D eigenvalue weighted by Crippen LogP contribution is 2.46. The van der Waals surface area contributed by atoms with Gasteiger partial charge in [-0.3, -0.25) is 0 Å². The number of rotatable bonds is 0. The third-order valence-electron chi connectivity index (χ3n) is 19.5. The molecule has 0 saturated carbocycles. The van der Waals surface area contributed by atoms with E-state index in [0.29, 0.717) is 6.42 Å². The van der Waals surface area contributed by atoms with Crippen LogP contribution >= 0.6 is 0 Å². The predicted molar refractivity (Wildman–Crippen MR) is 258 cm³/mol. The van der Waals surface area contributed by atoms with Gasteiger partial charge in [0.1, 0.15) is 0 Å². The number of hydrogen-bond donors (Lipinski definition) is 0. The van der Waals surface area contributed by atoms with Crippen LogP contribution in [0.5, 0.6) is 0 Å². The maximum absolute atomic E-state index is 6.97. The van der Waals surface area contributed by atoms with E-state index >= 15 is 0 Å². The Morgan fingerprint density at radius 1 is 0.188 bits per heavy atom. The molecular weight excluding hydrogens is 885 g/mol. The topological polar surface area (TPSA) is 129 Å². The Balaban J connectivity index is 1.01. The first-order valence-corrected chi connectivity index (χ1v) is 27.6. The van der Waals surface area contributed by atoms with Crippen LogP contribution < -0.4 is 0 Å². The second-order valence-corrected chi connectivity index (χ2v) is 24.3. The van der Waals surface area contributed by atoms with E-state index in [1.54, 1.807) is 0 Å². The molecule has 0 aromatic heterocycles. The molecule has 14 bridgehead atoms. The molecule has 0 aromatic rings. The van der Waals surface area contributed by atoms with Crippen molar-refractivity contribution in [3.05, 3.63) is 0 Å². The summed E-state index contributed by atoms with van der Waals surface area (Å²) < 4.78 is 95.7. The minimum atomic E-state index is -0.418. The van der Waals surface area contributed by atoms with Gasteiger partial charge in [0.15, 0.2) is 44.0 Å². The third kappa shape index (κ3) is 10.8. The second-order valence-electron chi connectivity index (χ2n) is 24.3. The molecule has 21 saturated heterocycles. The van der Waals surface area contributed by atoms with Gasteiger partial charge in [0.05, 0.1) is 85.5 Å². The molecule has 21 rings (SSSR count).